The Balaban J connectivity index is 2.09. The summed E-state index contributed by atoms with van der Waals surface area (Å²) in [4.78, 5) is 0.0705. The summed E-state index contributed by atoms with van der Waals surface area (Å²) in [6.45, 7) is 2.11. The van der Waals surface area contributed by atoms with Crippen LogP contribution in [0.2, 0.25) is 5.02 Å². The Morgan fingerprint density at radius 1 is 1.55 bits per heavy atom. The van der Waals surface area contributed by atoms with Gasteiger partial charge in [0, 0.05) is 30.2 Å². The molecule has 0 aliphatic carbocycles. The summed E-state index contributed by atoms with van der Waals surface area (Å²) in [7, 11) is -2.24. The predicted octanol–water partition coefficient (Wildman–Crippen LogP) is 0.615. The van der Waals surface area contributed by atoms with Gasteiger partial charge in [-0.1, -0.05) is 11.6 Å². The van der Waals surface area contributed by atoms with Gasteiger partial charge in [-0.05, 0) is 12.1 Å². The third kappa shape index (κ3) is 3.83. The maximum atomic E-state index is 12.3. The molecule has 1 aromatic carbocycles. The monoisotopic (exact) mass is 320 g/mol. The minimum atomic E-state index is -3.65. The predicted molar refractivity (Wildman–Crippen MR) is 75.8 cm³/mol. The van der Waals surface area contributed by atoms with E-state index in [1.807, 2.05) is 0 Å². The van der Waals surface area contributed by atoms with Crippen molar-refractivity contribution < 1.29 is 17.9 Å². The molecule has 1 aliphatic heterocycles. The van der Waals surface area contributed by atoms with E-state index in [0.717, 1.165) is 6.54 Å². The lowest BCUT2D eigenvalue weighted by atomic mass is 10.3. The Hall–Kier alpha value is -0.860. The van der Waals surface area contributed by atoms with Gasteiger partial charge in [0.2, 0.25) is 10.0 Å². The molecule has 20 heavy (non-hydrogen) atoms. The Bertz CT molecular complexity index is 559. The van der Waals surface area contributed by atoms with Crippen LogP contribution in [0, 0.1) is 0 Å². The van der Waals surface area contributed by atoms with Crippen LogP contribution in [0.5, 0.6) is 5.75 Å². The highest BCUT2D eigenvalue weighted by atomic mass is 35.5. The van der Waals surface area contributed by atoms with E-state index >= 15 is 0 Å². The summed E-state index contributed by atoms with van der Waals surface area (Å²) in [6, 6.07) is 4.38. The van der Waals surface area contributed by atoms with Crippen LogP contribution in [0.1, 0.15) is 0 Å². The number of halogens is 1. The standard InChI is InChI=1S/C12H17ClN2O4S/c1-18-11-6-9(13)2-3-12(11)20(16,17)15-7-10-8-19-5-4-14-10/h2-3,6,10,14-15H,4-5,7-8H2,1H3. The first-order valence-electron chi connectivity index (χ1n) is 6.17. The van der Waals surface area contributed by atoms with E-state index in [2.05, 4.69) is 10.0 Å². The fraction of sp³-hybridized carbons (Fsp3) is 0.500. The fourth-order valence-electron chi connectivity index (χ4n) is 1.90. The first-order valence-corrected chi connectivity index (χ1v) is 8.03. The number of benzene rings is 1. The van der Waals surface area contributed by atoms with Gasteiger partial charge in [0.25, 0.3) is 0 Å². The van der Waals surface area contributed by atoms with Crippen LogP contribution >= 0.6 is 11.6 Å². The molecule has 0 spiro atoms. The fourth-order valence-corrected chi connectivity index (χ4v) is 3.29. The van der Waals surface area contributed by atoms with Crippen molar-refractivity contribution in [1.29, 1.82) is 0 Å². The third-order valence-electron chi connectivity index (χ3n) is 2.93. The molecule has 1 saturated heterocycles. The van der Waals surface area contributed by atoms with Crippen LogP contribution in [0.15, 0.2) is 23.1 Å². The Morgan fingerprint density at radius 3 is 3.00 bits per heavy atom. The lowest BCUT2D eigenvalue weighted by Crippen LogP contribution is -2.48. The molecule has 6 nitrogen and oxygen atoms in total. The summed E-state index contributed by atoms with van der Waals surface area (Å²) in [6.07, 6.45) is 0. The summed E-state index contributed by atoms with van der Waals surface area (Å²) >= 11 is 5.82. The van der Waals surface area contributed by atoms with Crippen LogP contribution in [0.25, 0.3) is 0 Å². The van der Waals surface area contributed by atoms with E-state index in [1.54, 1.807) is 0 Å². The molecule has 1 unspecified atom stereocenters. The topological polar surface area (TPSA) is 76.7 Å². The van der Waals surface area contributed by atoms with Crippen molar-refractivity contribution >= 4 is 21.6 Å². The molecule has 8 heteroatoms. The SMILES string of the molecule is COc1cc(Cl)ccc1S(=O)(=O)NCC1COCCN1. The van der Waals surface area contributed by atoms with Crippen LogP contribution in [-0.4, -0.2) is 47.9 Å². The second-order valence-corrected chi connectivity index (χ2v) is 6.54. The van der Waals surface area contributed by atoms with Gasteiger partial charge in [-0.15, -0.1) is 0 Å². The second kappa shape index (κ2) is 6.73. The highest BCUT2D eigenvalue weighted by molar-refractivity contribution is 7.89. The molecule has 2 N–H and O–H groups in total. The lowest BCUT2D eigenvalue weighted by Gasteiger charge is -2.24. The van der Waals surface area contributed by atoms with E-state index in [-0.39, 0.29) is 23.2 Å². The lowest BCUT2D eigenvalue weighted by molar-refractivity contribution is 0.0784. The maximum Gasteiger partial charge on any atom is 0.244 e. The molecular weight excluding hydrogens is 304 g/mol. The molecule has 1 aromatic rings. The first-order chi connectivity index (χ1) is 9.53. The van der Waals surface area contributed by atoms with Gasteiger partial charge >= 0.3 is 0 Å². The van der Waals surface area contributed by atoms with E-state index in [1.165, 1.54) is 25.3 Å². The number of methoxy groups -OCH3 is 1. The van der Waals surface area contributed by atoms with Gasteiger partial charge in [0.05, 0.1) is 20.3 Å². The third-order valence-corrected chi connectivity index (χ3v) is 4.63. The Kier molecular flexibility index (Phi) is 5.22. The number of rotatable bonds is 5. The molecule has 2 rings (SSSR count). The van der Waals surface area contributed by atoms with Crippen molar-refractivity contribution in [2.45, 2.75) is 10.9 Å². The Morgan fingerprint density at radius 2 is 2.35 bits per heavy atom. The van der Waals surface area contributed by atoms with Crippen molar-refractivity contribution in [3.05, 3.63) is 23.2 Å². The number of ether oxygens (including phenoxy) is 2. The number of morpholine rings is 1. The molecule has 0 radical (unpaired) electrons. The van der Waals surface area contributed by atoms with Gasteiger partial charge < -0.3 is 14.8 Å². The molecule has 0 aromatic heterocycles. The number of sulfonamides is 1. The van der Waals surface area contributed by atoms with Crippen molar-refractivity contribution in [2.24, 2.45) is 0 Å². The van der Waals surface area contributed by atoms with Crippen molar-refractivity contribution in [2.75, 3.05) is 33.4 Å². The quantitative estimate of drug-likeness (QED) is 0.831. The molecule has 0 bridgehead atoms. The van der Waals surface area contributed by atoms with E-state index in [0.29, 0.717) is 18.2 Å². The van der Waals surface area contributed by atoms with Crippen LogP contribution in [-0.2, 0) is 14.8 Å². The van der Waals surface area contributed by atoms with Crippen LogP contribution in [0.3, 0.4) is 0 Å². The minimum Gasteiger partial charge on any atom is -0.495 e. The second-order valence-electron chi connectivity index (χ2n) is 4.37. The van der Waals surface area contributed by atoms with Crippen molar-refractivity contribution in [3.8, 4) is 5.75 Å². The van der Waals surface area contributed by atoms with Gasteiger partial charge in [0.15, 0.2) is 0 Å². The largest absolute Gasteiger partial charge is 0.495 e. The summed E-state index contributed by atoms with van der Waals surface area (Å²) in [5, 5.41) is 3.60. The van der Waals surface area contributed by atoms with Gasteiger partial charge in [-0.3, -0.25) is 0 Å². The molecule has 1 fully saturated rings. The van der Waals surface area contributed by atoms with Gasteiger partial charge in [0.1, 0.15) is 10.6 Å². The maximum absolute atomic E-state index is 12.3. The summed E-state index contributed by atoms with van der Waals surface area (Å²) in [5.41, 5.74) is 0. The van der Waals surface area contributed by atoms with Crippen LogP contribution < -0.4 is 14.8 Å². The van der Waals surface area contributed by atoms with E-state index in [9.17, 15) is 8.42 Å². The van der Waals surface area contributed by atoms with Crippen molar-refractivity contribution in [1.82, 2.24) is 10.0 Å². The molecular formula is C12H17ClN2O4S. The molecule has 1 atom stereocenters. The first kappa shape index (κ1) is 15.5. The van der Waals surface area contributed by atoms with Gasteiger partial charge in [-0.25, -0.2) is 13.1 Å². The normalized spacial score (nSPS) is 19.8. The average Bonchev–Trinajstić information content (AvgIpc) is 2.46. The highest BCUT2D eigenvalue weighted by Gasteiger charge is 2.22. The van der Waals surface area contributed by atoms with E-state index in [4.69, 9.17) is 21.1 Å². The number of nitrogens with one attached hydrogen (secondary N) is 2. The molecule has 0 saturated carbocycles. The smallest absolute Gasteiger partial charge is 0.244 e. The zero-order valence-corrected chi connectivity index (χ0v) is 12.6. The Labute approximate surface area is 123 Å². The average molecular weight is 321 g/mol. The summed E-state index contributed by atoms with van der Waals surface area (Å²) in [5.74, 6) is 0.220. The number of hydrogen-bond donors (Lipinski definition) is 2. The van der Waals surface area contributed by atoms with Crippen LogP contribution in [0.4, 0.5) is 0 Å². The zero-order chi connectivity index (χ0) is 14.6. The molecule has 1 aliphatic rings. The van der Waals surface area contributed by atoms with Crippen molar-refractivity contribution in [3.63, 3.8) is 0 Å². The number of hydrogen-bond acceptors (Lipinski definition) is 5. The molecule has 0 amide bonds. The molecule has 1 heterocycles. The zero-order valence-electron chi connectivity index (χ0n) is 11.1. The molecule has 112 valence electrons. The van der Waals surface area contributed by atoms with E-state index < -0.39 is 10.0 Å². The summed E-state index contributed by atoms with van der Waals surface area (Å²) < 4.78 is 37.4. The minimum absolute atomic E-state index is 0.0307. The highest BCUT2D eigenvalue weighted by Crippen LogP contribution is 2.26. The van der Waals surface area contributed by atoms with Gasteiger partial charge in [-0.2, -0.15) is 0 Å².